The van der Waals surface area contributed by atoms with Gasteiger partial charge in [0.15, 0.2) is 5.82 Å². The Morgan fingerprint density at radius 3 is 2.38 bits per heavy atom. The molecule has 6 heteroatoms. The molecule has 1 atom stereocenters. The topological polar surface area (TPSA) is 49.8 Å². The van der Waals surface area contributed by atoms with Crippen molar-refractivity contribution in [1.29, 1.82) is 0 Å². The van der Waals surface area contributed by atoms with Crippen molar-refractivity contribution in [3.05, 3.63) is 76.3 Å². The van der Waals surface area contributed by atoms with Crippen LogP contribution >= 0.6 is 23.2 Å². The first-order chi connectivity index (χ1) is 16.4. The second-order valence-corrected chi connectivity index (χ2v) is 9.52. The molecule has 0 aliphatic carbocycles. The van der Waals surface area contributed by atoms with E-state index in [9.17, 15) is 0 Å². The molecule has 0 spiro atoms. The minimum absolute atomic E-state index is 0.296. The number of halogens is 2. The third-order valence-electron chi connectivity index (χ3n) is 5.87. The van der Waals surface area contributed by atoms with Crippen molar-refractivity contribution in [2.75, 3.05) is 18.4 Å². The zero-order chi connectivity index (χ0) is 24.1. The maximum absolute atomic E-state index is 6.24. The second kappa shape index (κ2) is 11.2. The summed E-state index contributed by atoms with van der Waals surface area (Å²) in [5, 5.41) is 9.30. The summed E-state index contributed by atoms with van der Waals surface area (Å²) in [4.78, 5) is 9.93. The van der Waals surface area contributed by atoms with Gasteiger partial charge in [0.25, 0.3) is 0 Å². The summed E-state index contributed by atoms with van der Waals surface area (Å²) in [7, 11) is 0. The number of hydrogen-bond donors (Lipinski definition) is 2. The number of rotatable bonds is 9. The van der Waals surface area contributed by atoms with Crippen molar-refractivity contribution in [3.63, 3.8) is 0 Å². The van der Waals surface area contributed by atoms with Crippen molar-refractivity contribution < 1.29 is 0 Å². The van der Waals surface area contributed by atoms with Crippen molar-refractivity contribution in [3.8, 4) is 22.5 Å². The number of anilines is 1. The molecule has 4 rings (SSSR count). The van der Waals surface area contributed by atoms with Crippen LogP contribution in [0.2, 0.25) is 10.0 Å². The molecule has 0 saturated carbocycles. The van der Waals surface area contributed by atoms with Crippen LogP contribution in [0, 0.1) is 6.92 Å². The van der Waals surface area contributed by atoms with E-state index in [2.05, 4.69) is 55.7 Å². The largest absolute Gasteiger partial charge is 0.367 e. The number of para-hydroxylation sites is 1. The van der Waals surface area contributed by atoms with E-state index < -0.39 is 0 Å². The highest BCUT2D eigenvalue weighted by atomic mass is 35.5. The standard InChI is InChI=1S/C28H30Cl2N4/c1-4-31-13-7-9-19(3)32-28-25-12-5-8-18(2)26(25)33-27(34-28)21-11-6-10-20(14-21)22-15-23(29)17-24(30)16-22/h5-6,8,10-12,14-17,19,31H,4,7,9,13H2,1-3H3,(H,32,33,34). The van der Waals surface area contributed by atoms with Crippen LogP contribution < -0.4 is 10.6 Å². The summed E-state index contributed by atoms with van der Waals surface area (Å²) in [6, 6.07) is 20.3. The zero-order valence-corrected chi connectivity index (χ0v) is 21.3. The van der Waals surface area contributed by atoms with Gasteiger partial charge in [-0.2, -0.15) is 0 Å². The second-order valence-electron chi connectivity index (χ2n) is 8.65. The number of nitrogens with one attached hydrogen (secondary N) is 2. The Hall–Kier alpha value is -2.66. The Balaban J connectivity index is 1.71. The number of hydrogen-bond acceptors (Lipinski definition) is 4. The first-order valence-electron chi connectivity index (χ1n) is 11.8. The zero-order valence-electron chi connectivity index (χ0n) is 19.8. The van der Waals surface area contributed by atoms with E-state index in [-0.39, 0.29) is 0 Å². The molecule has 0 aliphatic rings. The third-order valence-corrected chi connectivity index (χ3v) is 6.31. The van der Waals surface area contributed by atoms with Crippen molar-refractivity contribution in [1.82, 2.24) is 15.3 Å². The molecule has 1 unspecified atom stereocenters. The molecule has 0 radical (unpaired) electrons. The highest BCUT2D eigenvalue weighted by molar-refractivity contribution is 6.35. The molecule has 0 aliphatic heterocycles. The van der Waals surface area contributed by atoms with Gasteiger partial charge in [-0.3, -0.25) is 0 Å². The molecule has 0 fully saturated rings. The maximum Gasteiger partial charge on any atom is 0.162 e. The molecule has 3 aromatic carbocycles. The first kappa shape index (κ1) is 24.5. The van der Waals surface area contributed by atoms with Crippen LogP contribution in [0.4, 0.5) is 5.82 Å². The van der Waals surface area contributed by atoms with Gasteiger partial charge in [-0.25, -0.2) is 9.97 Å². The minimum Gasteiger partial charge on any atom is -0.367 e. The van der Waals surface area contributed by atoms with Gasteiger partial charge in [-0.1, -0.05) is 60.5 Å². The van der Waals surface area contributed by atoms with E-state index in [1.165, 1.54) is 0 Å². The van der Waals surface area contributed by atoms with Crippen LogP contribution in [0.25, 0.3) is 33.4 Å². The van der Waals surface area contributed by atoms with Crippen molar-refractivity contribution in [2.45, 2.75) is 39.7 Å². The van der Waals surface area contributed by atoms with Gasteiger partial charge in [0.2, 0.25) is 0 Å². The highest BCUT2D eigenvalue weighted by Crippen LogP contribution is 2.32. The van der Waals surface area contributed by atoms with Crippen LogP contribution in [-0.4, -0.2) is 29.1 Å². The van der Waals surface area contributed by atoms with Crippen molar-refractivity contribution in [2.24, 2.45) is 0 Å². The minimum atomic E-state index is 0.296. The molecule has 176 valence electrons. The van der Waals surface area contributed by atoms with E-state index in [0.29, 0.717) is 21.9 Å². The van der Waals surface area contributed by atoms with Gasteiger partial charge in [-0.15, -0.1) is 0 Å². The highest BCUT2D eigenvalue weighted by Gasteiger charge is 2.14. The SMILES string of the molecule is CCNCCCC(C)Nc1nc(-c2cccc(-c3cc(Cl)cc(Cl)c3)c2)nc2c(C)cccc12. The molecule has 4 aromatic rings. The molecule has 0 amide bonds. The number of benzene rings is 3. The summed E-state index contributed by atoms with van der Waals surface area (Å²) in [5.74, 6) is 1.56. The van der Waals surface area contributed by atoms with Crippen LogP contribution in [-0.2, 0) is 0 Å². The molecule has 1 aromatic heterocycles. The molecule has 2 N–H and O–H groups in total. The van der Waals surface area contributed by atoms with Gasteiger partial charge in [0.05, 0.1) is 5.52 Å². The number of aryl methyl sites for hydroxylation is 1. The van der Waals surface area contributed by atoms with Gasteiger partial charge in [0.1, 0.15) is 5.82 Å². The predicted octanol–water partition coefficient (Wildman–Crippen LogP) is 7.77. The van der Waals surface area contributed by atoms with Gasteiger partial charge < -0.3 is 10.6 Å². The lowest BCUT2D eigenvalue weighted by molar-refractivity contribution is 0.602. The molecule has 0 saturated heterocycles. The number of aromatic nitrogens is 2. The Bertz CT molecular complexity index is 1270. The first-order valence-corrected chi connectivity index (χ1v) is 12.5. The summed E-state index contributed by atoms with van der Waals surface area (Å²) in [6.07, 6.45) is 2.17. The van der Waals surface area contributed by atoms with Gasteiger partial charge >= 0.3 is 0 Å². The average molecular weight is 493 g/mol. The van der Waals surface area contributed by atoms with E-state index in [0.717, 1.165) is 64.9 Å². The predicted molar refractivity (Wildman–Crippen MR) is 146 cm³/mol. The van der Waals surface area contributed by atoms with Gasteiger partial charge in [0, 0.05) is 27.0 Å². The lowest BCUT2D eigenvalue weighted by Gasteiger charge is -2.18. The van der Waals surface area contributed by atoms with Crippen LogP contribution in [0.3, 0.4) is 0 Å². The average Bonchev–Trinajstić information content (AvgIpc) is 2.82. The quantitative estimate of drug-likeness (QED) is 0.234. The van der Waals surface area contributed by atoms with E-state index in [1.807, 2.05) is 30.3 Å². The molecule has 0 bridgehead atoms. The Morgan fingerprint density at radius 1 is 0.882 bits per heavy atom. The van der Waals surface area contributed by atoms with Crippen LogP contribution in [0.15, 0.2) is 60.7 Å². The molecular weight excluding hydrogens is 463 g/mol. The van der Waals surface area contributed by atoms with E-state index >= 15 is 0 Å². The Labute approximate surface area is 211 Å². The summed E-state index contributed by atoms with van der Waals surface area (Å²) in [6.45, 7) is 8.46. The lowest BCUT2D eigenvalue weighted by atomic mass is 10.0. The van der Waals surface area contributed by atoms with E-state index in [1.54, 1.807) is 6.07 Å². The fourth-order valence-electron chi connectivity index (χ4n) is 4.11. The molecule has 4 nitrogen and oxygen atoms in total. The van der Waals surface area contributed by atoms with Crippen LogP contribution in [0.5, 0.6) is 0 Å². The Morgan fingerprint density at radius 2 is 1.62 bits per heavy atom. The monoisotopic (exact) mass is 492 g/mol. The smallest absolute Gasteiger partial charge is 0.162 e. The molecular formula is C28H30Cl2N4. The fourth-order valence-corrected chi connectivity index (χ4v) is 4.63. The fraction of sp³-hybridized carbons (Fsp3) is 0.286. The summed E-state index contributed by atoms with van der Waals surface area (Å²) in [5.41, 5.74) is 5.01. The molecule has 34 heavy (non-hydrogen) atoms. The summed E-state index contributed by atoms with van der Waals surface area (Å²) < 4.78 is 0. The van der Waals surface area contributed by atoms with Crippen molar-refractivity contribution >= 4 is 39.9 Å². The third kappa shape index (κ3) is 5.87. The molecule has 1 heterocycles. The Kier molecular flexibility index (Phi) is 8.04. The maximum atomic E-state index is 6.24. The normalized spacial score (nSPS) is 12.1. The number of fused-ring (bicyclic) bond motifs is 1. The number of nitrogens with zero attached hydrogens (tertiary/aromatic N) is 2. The van der Waals surface area contributed by atoms with Crippen LogP contribution in [0.1, 0.15) is 32.3 Å². The summed E-state index contributed by atoms with van der Waals surface area (Å²) >= 11 is 12.5. The van der Waals surface area contributed by atoms with Gasteiger partial charge in [-0.05, 0) is 86.8 Å². The lowest BCUT2D eigenvalue weighted by Crippen LogP contribution is -2.20. The van der Waals surface area contributed by atoms with E-state index in [4.69, 9.17) is 33.2 Å².